The normalized spacial score (nSPS) is 16.6. The summed E-state index contributed by atoms with van der Waals surface area (Å²) in [5.41, 5.74) is 2.71. The van der Waals surface area contributed by atoms with E-state index in [4.69, 9.17) is 4.74 Å². The molecule has 3 rings (SSSR count). The first-order valence-corrected chi connectivity index (χ1v) is 7.65. The minimum atomic E-state index is -0.433. The number of hydrogen-bond donors (Lipinski definition) is 1. The second-order valence-corrected chi connectivity index (χ2v) is 6.14. The van der Waals surface area contributed by atoms with Crippen molar-refractivity contribution >= 4 is 10.8 Å². The highest BCUT2D eigenvalue weighted by molar-refractivity contribution is 5.89. The van der Waals surface area contributed by atoms with Crippen LogP contribution in [-0.4, -0.2) is 35.4 Å². The van der Waals surface area contributed by atoms with E-state index in [1.807, 2.05) is 13.8 Å². The van der Waals surface area contributed by atoms with Gasteiger partial charge in [-0.15, -0.1) is 0 Å². The van der Waals surface area contributed by atoms with E-state index in [-0.39, 0.29) is 6.10 Å². The molecule has 0 bridgehead atoms. The molecule has 0 fully saturated rings. The molecule has 1 N–H and O–H groups in total. The predicted octanol–water partition coefficient (Wildman–Crippen LogP) is 2.94. The van der Waals surface area contributed by atoms with Crippen LogP contribution in [-0.2, 0) is 17.8 Å². The zero-order chi connectivity index (χ0) is 14.8. The summed E-state index contributed by atoms with van der Waals surface area (Å²) in [7, 11) is 0. The molecule has 0 radical (unpaired) electrons. The van der Waals surface area contributed by atoms with Crippen molar-refractivity contribution in [1.82, 2.24) is 4.90 Å². The van der Waals surface area contributed by atoms with E-state index in [0.717, 1.165) is 13.1 Å². The number of hydrogen-bond acceptors (Lipinski definition) is 3. The van der Waals surface area contributed by atoms with Gasteiger partial charge in [0.25, 0.3) is 0 Å². The van der Waals surface area contributed by atoms with Gasteiger partial charge in [-0.1, -0.05) is 36.4 Å². The van der Waals surface area contributed by atoms with Crippen LogP contribution in [0.4, 0.5) is 0 Å². The molecular formula is C18H23NO2. The highest BCUT2D eigenvalue weighted by Gasteiger charge is 2.20. The van der Waals surface area contributed by atoms with Crippen LogP contribution in [0.3, 0.4) is 0 Å². The largest absolute Gasteiger partial charge is 0.389 e. The Kier molecular flexibility index (Phi) is 4.24. The predicted molar refractivity (Wildman–Crippen MR) is 85.2 cm³/mol. The molecule has 3 nitrogen and oxygen atoms in total. The van der Waals surface area contributed by atoms with Crippen LogP contribution < -0.4 is 0 Å². The van der Waals surface area contributed by atoms with Crippen molar-refractivity contribution in [2.24, 2.45) is 0 Å². The van der Waals surface area contributed by atoms with Gasteiger partial charge in [-0.2, -0.15) is 0 Å². The summed E-state index contributed by atoms with van der Waals surface area (Å²) in [4.78, 5) is 2.30. The van der Waals surface area contributed by atoms with Gasteiger partial charge in [0, 0.05) is 19.6 Å². The number of β-amino-alcohol motifs (C(OH)–C–C–N with tert-alkyl or cyclic N) is 1. The van der Waals surface area contributed by atoms with Crippen LogP contribution >= 0.6 is 0 Å². The summed E-state index contributed by atoms with van der Waals surface area (Å²) in [6.07, 6.45) is -0.271. The number of nitrogens with zero attached hydrogens (tertiary/aromatic N) is 1. The van der Waals surface area contributed by atoms with Gasteiger partial charge in [-0.3, -0.25) is 4.90 Å². The molecule has 0 saturated carbocycles. The molecule has 2 aromatic carbocycles. The van der Waals surface area contributed by atoms with E-state index in [9.17, 15) is 5.11 Å². The molecule has 3 heteroatoms. The fourth-order valence-corrected chi connectivity index (χ4v) is 3.09. The van der Waals surface area contributed by atoms with E-state index >= 15 is 0 Å². The molecule has 0 aromatic heterocycles. The molecule has 0 amide bonds. The van der Waals surface area contributed by atoms with Crippen molar-refractivity contribution < 1.29 is 9.84 Å². The Morgan fingerprint density at radius 1 is 1.10 bits per heavy atom. The Morgan fingerprint density at radius 3 is 2.29 bits per heavy atom. The molecule has 2 aromatic rings. The van der Waals surface area contributed by atoms with E-state index in [0.29, 0.717) is 13.2 Å². The Hall–Kier alpha value is -1.42. The average Bonchev–Trinajstić information content (AvgIpc) is 2.45. The van der Waals surface area contributed by atoms with Gasteiger partial charge in [-0.25, -0.2) is 0 Å². The van der Waals surface area contributed by atoms with Gasteiger partial charge in [0.05, 0.1) is 18.8 Å². The standard InChI is InChI=1S/C18H23NO2/c1-13(2)21-12-17(20)11-19-9-15-7-3-5-14-6-4-8-16(10-19)18(14)15/h3-8,13,17,20H,9-12H2,1-2H3. The van der Waals surface area contributed by atoms with Gasteiger partial charge in [0.1, 0.15) is 0 Å². The summed E-state index contributed by atoms with van der Waals surface area (Å²) >= 11 is 0. The van der Waals surface area contributed by atoms with Crippen LogP contribution in [0, 0.1) is 0 Å². The Labute approximate surface area is 126 Å². The average molecular weight is 285 g/mol. The molecule has 1 aliphatic rings. The van der Waals surface area contributed by atoms with Crippen molar-refractivity contribution in [2.75, 3.05) is 13.2 Å². The second-order valence-electron chi connectivity index (χ2n) is 6.14. The zero-order valence-corrected chi connectivity index (χ0v) is 12.7. The van der Waals surface area contributed by atoms with Gasteiger partial charge < -0.3 is 9.84 Å². The van der Waals surface area contributed by atoms with Gasteiger partial charge in [0.2, 0.25) is 0 Å². The third kappa shape index (κ3) is 3.26. The third-order valence-corrected chi connectivity index (χ3v) is 3.96. The highest BCUT2D eigenvalue weighted by Crippen LogP contribution is 2.29. The number of aliphatic hydroxyl groups excluding tert-OH is 1. The monoisotopic (exact) mass is 285 g/mol. The fraction of sp³-hybridized carbons (Fsp3) is 0.444. The first-order valence-electron chi connectivity index (χ1n) is 7.65. The Balaban J connectivity index is 1.72. The van der Waals surface area contributed by atoms with Gasteiger partial charge >= 0.3 is 0 Å². The number of benzene rings is 2. The van der Waals surface area contributed by atoms with E-state index in [2.05, 4.69) is 41.3 Å². The number of aliphatic hydroxyl groups is 1. The second kappa shape index (κ2) is 6.14. The Bertz CT molecular complexity index is 583. The van der Waals surface area contributed by atoms with Gasteiger partial charge in [-0.05, 0) is 35.7 Å². The number of rotatable bonds is 5. The molecule has 21 heavy (non-hydrogen) atoms. The maximum Gasteiger partial charge on any atom is 0.0900 e. The van der Waals surface area contributed by atoms with Crippen LogP contribution in [0.5, 0.6) is 0 Å². The van der Waals surface area contributed by atoms with Crippen LogP contribution in [0.25, 0.3) is 10.8 Å². The molecule has 0 spiro atoms. The molecule has 112 valence electrons. The minimum absolute atomic E-state index is 0.162. The van der Waals surface area contributed by atoms with E-state index in [1.165, 1.54) is 21.9 Å². The minimum Gasteiger partial charge on any atom is -0.389 e. The highest BCUT2D eigenvalue weighted by atomic mass is 16.5. The first kappa shape index (κ1) is 14.5. The molecule has 0 aliphatic carbocycles. The smallest absolute Gasteiger partial charge is 0.0900 e. The van der Waals surface area contributed by atoms with Crippen molar-refractivity contribution in [3.05, 3.63) is 47.5 Å². The molecule has 0 saturated heterocycles. The fourth-order valence-electron chi connectivity index (χ4n) is 3.09. The maximum absolute atomic E-state index is 10.1. The van der Waals surface area contributed by atoms with Crippen LogP contribution in [0.15, 0.2) is 36.4 Å². The lowest BCUT2D eigenvalue weighted by atomic mass is 9.95. The summed E-state index contributed by atoms with van der Waals surface area (Å²) in [5, 5.41) is 12.8. The number of ether oxygens (including phenoxy) is 1. The van der Waals surface area contributed by atoms with Crippen LogP contribution in [0.1, 0.15) is 25.0 Å². The topological polar surface area (TPSA) is 32.7 Å². The summed E-state index contributed by atoms with van der Waals surface area (Å²) in [5.74, 6) is 0. The molecular weight excluding hydrogens is 262 g/mol. The lowest BCUT2D eigenvalue weighted by Crippen LogP contribution is -2.36. The quantitative estimate of drug-likeness (QED) is 0.917. The third-order valence-electron chi connectivity index (χ3n) is 3.96. The molecule has 1 atom stereocenters. The van der Waals surface area contributed by atoms with Gasteiger partial charge in [0.15, 0.2) is 0 Å². The van der Waals surface area contributed by atoms with E-state index in [1.54, 1.807) is 0 Å². The molecule has 1 unspecified atom stereocenters. The lowest BCUT2D eigenvalue weighted by molar-refractivity contribution is -0.0109. The van der Waals surface area contributed by atoms with E-state index < -0.39 is 6.10 Å². The Morgan fingerprint density at radius 2 is 1.71 bits per heavy atom. The summed E-state index contributed by atoms with van der Waals surface area (Å²) < 4.78 is 5.50. The van der Waals surface area contributed by atoms with Crippen molar-refractivity contribution in [3.63, 3.8) is 0 Å². The maximum atomic E-state index is 10.1. The van der Waals surface area contributed by atoms with Crippen molar-refractivity contribution in [3.8, 4) is 0 Å². The zero-order valence-electron chi connectivity index (χ0n) is 12.7. The lowest BCUT2D eigenvalue weighted by Gasteiger charge is -2.30. The van der Waals surface area contributed by atoms with Crippen molar-refractivity contribution in [2.45, 2.75) is 39.1 Å². The van der Waals surface area contributed by atoms with Crippen LogP contribution in [0.2, 0.25) is 0 Å². The molecule has 1 aliphatic heterocycles. The SMILES string of the molecule is CC(C)OCC(O)CN1Cc2cccc3cccc(c23)C1. The summed E-state index contributed by atoms with van der Waals surface area (Å²) in [6, 6.07) is 12.9. The first-order chi connectivity index (χ1) is 10.1. The molecule has 1 heterocycles. The van der Waals surface area contributed by atoms with Crippen molar-refractivity contribution in [1.29, 1.82) is 0 Å². The summed E-state index contributed by atoms with van der Waals surface area (Å²) in [6.45, 7) is 6.83.